The number of nitrogens with one attached hydrogen (secondary N) is 1. The van der Waals surface area contributed by atoms with Crippen LogP contribution in [0, 0.1) is 0 Å². The van der Waals surface area contributed by atoms with Crippen LogP contribution in [0.1, 0.15) is 28.9 Å². The average molecular weight is 371 g/mol. The Hall–Kier alpha value is -3.26. The van der Waals surface area contributed by atoms with E-state index in [1.54, 1.807) is 17.0 Å². The molecule has 0 saturated heterocycles. The Morgan fingerprint density at radius 1 is 1.22 bits per heavy atom. The van der Waals surface area contributed by atoms with Gasteiger partial charge in [-0.1, -0.05) is 0 Å². The molecule has 0 saturated carbocycles. The van der Waals surface area contributed by atoms with E-state index in [9.17, 15) is 15.0 Å². The average Bonchev–Trinajstić information content (AvgIpc) is 2.71. The summed E-state index contributed by atoms with van der Waals surface area (Å²) in [5, 5.41) is 24.2. The Labute approximate surface area is 156 Å². The van der Waals surface area contributed by atoms with E-state index in [1.165, 1.54) is 38.7 Å². The Morgan fingerprint density at radius 2 is 1.93 bits per heavy atom. The minimum atomic E-state index is -1.31. The molecule has 0 aliphatic carbocycles. The summed E-state index contributed by atoms with van der Waals surface area (Å²) in [6.45, 7) is 2.26. The number of carbonyl (C=O) groups excluding carboxylic acids is 1. The predicted molar refractivity (Wildman–Crippen MR) is 98.9 cm³/mol. The van der Waals surface area contributed by atoms with Crippen molar-refractivity contribution < 1.29 is 24.5 Å². The minimum absolute atomic E-state index is 0.0299. The van der Waals surface area contributed by atoms with Gasteiger partial charge in [-0.3, -0.25) is 9.78 Å². The molecule has 0 bridgehead atoms. The van der Waals surface area contributed by atoms with E-state index < -0.39 is 12.0 Å². The van der Waals surface area contributed by atoms with Gasteiger partial charge in [0.25, 0.3) is 5.91 Å². The molecule has 1 aromatic heterocycles. The van der Waals surface area contributed by atoms with Gasteiger partial charge in [0, 0.05) is 24.5 Å². The molecular formula is C19H21N3O5. The number of hydrogen-bond acceptors (Lipinski definition) is 7. The van der Waals surface area contributed by atoms with Crippen molar-refractivity contribution in [2.24, 2.45) is 0 Å². The van der Waals surface area contributed by atoms with Crippen LogP contribution in [0.15, 0.2) is 48.2 Å². The normalized spacial score (nSPS) is 16.0. The van der Waals surface area contributed by atoms with Gasteiger partial charge in [0.15, 0.2) is 11.5 Å². The van der Waals surface area contributed by atoms with Crippen molar-refractivity contribution in [1.82, 2.24) is 10.3 Å². The zero-order valence-electron chi connectivity index (χ0n) is 15.3. The van der Waals surface area contributed by atoms with Crippen LogP contribution in [-0.2, 0) is 0 Å². The maximum Gasteiger partial charge on any atom is 0.255 e. The van der Waals surface area contributed by atoms with Crippen molar-refractivity contribution >= 4 is 11.6 Å². The number of ether oxygens (including phenoxy) is 2. The number of anilines is 1. The number of hydrogen-bond donors (Lipinski definition) is 3. The van der Waals surface area contributed by atoms with E-state index in [1.807, 2.05) is 6.92 Å². The quantitative estimate of drug-likeness (QED) is 0.739. The summed E-state index contributed by atoms with van der Waals surface area (Å²) in [5.74, 6) is 0.0724. The summed E-state index contributed by atoms with van der Waals surface area (Å²) in [7, 11) is 2.96. The molecular weight excluding hydrogens is 350 g/mol. The SMILES string of the molecule is CCN1C(O)=C(NC(=O)c2ccncc2)C(O)c2c1ccc(OC)c2OC. The number of aliphatic hydroxyl groups excluding tert-OH is 2. The van der Waals surface area contributed by atoms with Crippen LogP contribution in [-0.4, -0.2) is 41.9 Å². The maximum atomic E-state index is 12.5. The zero-order chi connectivity index (χ0) is 19.6. The zero-order valence-corrected chi connectivity index (χ0v) is 15.3. The predicted octanol–water partition coefficient (Wildman–Crippen LogP) is 2.13. The topological polar surface area (TPSA) is 104 Å². The molecule has 1 aliphatic heterocycles. The second-order valence-corrected chi connectivity index (χ2v) is 5.81. The fourth-order valence-corrected chi connectivity index (χ4v) is 3.11. The standard InChI is InChI=1S/C19H21N3O5/c1-4-22-12-5-6-13(26-2)17(27-3)14(12)16(23)15(19(22)25)21-18(24)11-7-9-20-10-8-11/h5-10,16,23,25H,4H2,1-3H3,(H,21,24). The Morgan fingerprint density at radius 3 is 2.52 bits per heavy atom. The van der Waals surface area contributed by atoms with Gasteiger partial charge in [-0.25, -0.2) is 0 Å². The lowest BCUT2D eigenvalue weighted by Gasteiger charge is -2.35. The van der Waals surface area contributed by atoms with Gasteiger partial charge in [0.1, 0.15) is 11.8 Å². The number of benzene rings is 1. The molecule has 1 amide bonds. The first-order valence-electron chi connectivity index (χ1n) is 8.38. The highest BCUT2D eigenvalue weighted by atomic mass is 16.5. The number of amides is 1. The van der Waals surface area contributed by atoms with E-state index in [-0.39, 0.29) is 11.6 Å². The van der Waals surface area contributed by atoms with Gasteiger partial charge in [0.05, 0.1) is 25.5 Å². The maximum absolute atomic E-state index is 12.5. The highest BCUT2D eigenvalue weighted by Gasteiger charge is 2.36. The van der Waals surface area contributed by atoms with Crippen LogP contribution < -0.4 is 19.7 Å². The van der Waals surface area contributed by atoms with Crippen LogP contribution in [0.5, 0.6) is 11.5 Å². The summed E-state index contributed by atoms with van der Waals surface area (Å²) >= 11 is 0. The van der Waals surface area contributed by atoms with Crippen LogP contribution in [0.25, 0.3) is 0 Å². The van der Waals surface area contributed by atoms with E-state index in [4.69, 9.17) is 9.47 Å². The van der Waals surface area contributed by atoms with E-state index >= 15 is 0 Å². The van der Waals surface area contributed by atoms with Gasteiger partial charge in [-0.15, -0.1) is 0 Å². The molecule has 1 aromatic carbocycles. The Kier molecular flexibility index (Phi) is 5.18. The molecule has 8 nitrogen and oxygen atoms in total. The molecule has 3 rings (SSSR count). The van der Waals surface area contributed by atoms with Crippen molar-refractivity contribution in [3.05, 3.63) is 59.4 Å². The van der Waals surface area contributed by atoms with Crippen molar-refractivity contribution in [2.45, 2.75) is 13.0 Å². The number of fused-ring (bicyclic) bond motifs is 1. The number of carbonyl (C=O) groups is 1. The lowest BCUT2D eigenvalue weighted by molar-refractivity contribution is 0.0938. The number of aromatic nitrogens is 1. The van der Waals surface area contributed by atoms with Crippen molar-refractivity contribution in [3.8, 4) is 11.5 Å². The number of pyridine rings is 1. The second kappa shape index (κ2) is 7.55. The van der Waals surface area contributed by atoms with Crippen LogP contribution >= 0.6 is 0 Å². The van der Waals surface area contributed by atoms with Crippen molar-refractivity contribution in [1.29, 1.82) is 0 Å². The minimum Gasteiger partial charge on any atom is -0.493 e. The Bertz CT molecular complexity index is 882. The molecule has 2 heterocycles. The number of rotatable bonds is 5. The van der Waals surface area contributed by atoms with Crippen LogP contribution in [0.2, 0.25) is 0 Å². The van der Waals surface area contributed by atoms with E-state index in [0.29, 0.717) is 34.9 Å². The molecule has 0 fully saturated rings. The van der Waals surface area contributed by atoms with E-state index in [2.05, 4.69) is 10.3 Å². The first kappa shape index (κ1) is 18.5. The molecule has 2 aromatic rings. The van der Waals surface area contributed by atoms with Gasteiger partial charge in [-0.2, -0.15) is 0 Å². The summed E-state index contributed by atoms with van der Waals surface area (Å²) in [4.78, 5) is 18.0. The van der Waals surface area contributed by atoms with Gasteiger partial charge in [0.2, 0.25) is 5.88 Å². The third-order valence-electron chi connectivity index (χ3n) is 4.40. The van der Waals surface area contributed by atoms with Crippen molar-refractivity contribution in [2.75, 3.05) is 25.7 Å². The highest BCUT2D eigenvalue weighted by molar-refractivity contribution is 5.95. The molecule has 0 radical (unpaired) electrons. The first-order valence-corrected chi connectivity index (χ1v) is 8.38. The molecule has 1 unspecified atom stereocenters. The summed E-state index contributed by atoms with van der Waals surface area (Å²) in [6, 6.07) is 6.50. The summed E-state index contributed by atoms with van der Waals surface area (Å²) in [5.41, 5.74) is 1.30. The smallest absolute Gasteiger partial charge is 0.255 e. The number of methoxy groups -OCH3 is 2. The van der Waals surface area contributed by atoms with Gasteiger partial charge < -0.3 is 29.9 Å². The first-order chi connectivity index (χ1) is 13.0. The fourth-order valence-electron chi connectivity index (χ4n) is 3.11. The third-order valence-corrected chi connectivity index (χ3v) is 4.40. The lowest BCUT2D eigenvalue weighted by atomic mass is 9.97. The molecule has 142 valence electrons. The Balaban J connectivity index is 2.07. The third kappa shape index (κ3) is 3.15. The van der Waals surface area contributed by atoms with Crippen LogP contribution in [0.4, 0.5) is 5.69 Å². The molecule has 3 N–H and O–H groups in total. The molecule has 1 aliphatic rings. The van der Waals surface area contributed by atoms with Gasteiger partial charge in [-0.05, 0) is 31.2 Å². The fraction of sp³-hybridized carbons (Fsp3) is 0.263. The van der Waals surface area contributed by atoms with E-state index in [0.717, 1.165) is 0 Å². The largest absolute Gasteiger partial charge is 0.493 e. The molecule has 0 spiro atoms. The number of nitrogens with zero attached hydrogens (tertiary/aromatic N) is 2. The summed E-state index contributed by atoms with van der Waals surface area (Å²) < 4.78 is 10.7. The molecule has 1 atom stereocenters. The molecule has 27 heavy (non-hydrogen) atoms. The lowest BCUT2D eigenvalue weighted by Crippen LogP contribution is -2.37. The number of aliphatic hydroxyl groups is 2. The highest BCUT2D eigenvalue weighted by Crippen LogP contribution is 2.47. The van der Waals surface area contributed by atoms with Crippen molar-refractivity contribution in [3.63, 3.8) is 0 Å². The van der Waals surface area contributed by atoms with Crippen LogP contribution in [0.3, 0.4) is 0 Å². The summed E-state index contributed by atoms with van der Waals surface area (Å²) in [6.07, 6.45) is 1.67. The van der Waals surface area contributed by atoms with Gasteiger partial charge >= 0.3 is 0 Å². The monoisotopic (exact) mass is 371 g/mol. The molecule has 8 heteroatoms. The second-order valence-electron chi connectivity index (χ2n) is 5.81.